The SMILES string of the molecule is CCOC(=O)N1CCCC1([C@H](OC)[C@@H](C)C(=O)N[C@@H](Cc1ccccc1)C(=O)OC)C(C)(C)C. The number of likely N-dealkylation sites (tertiary alicyclic amines) is 1. The van der Waals surface area contributed by atoms with Gasteiger partial charge in [-0.1, -0.05) is 58.0 Å². The van der Waals surface area contributed by atoms with Crippen molar-refractivity contribution < 1.29 is 28.6 Å². The number of esters is 1. The quantitative estimate of drug-likeness (QED) is 0.548. The molecule has 8 nitrogen and oxygen atoms in total. The molecule has 0 aliphatic carbocycles. The van der Waals surface area contributed by atoms with Gasteiger partial charge in [-0.2, -0.15) is 0 Å². The second-order valence-electron chi connectivity index (χ2n) is 9.85. The van der Waals surface area contributed by atoms with E-state index >= 15 is 0 Å². The number of carbonyl (C=O) groups excluding carboxylic acids is 3. The van der Waals surface area contributed by atoms with E-state index in [1.54, 1.807) is 25.9 Å². The van der Waals surface area contributed by atoms with Gasteiger partial charge in [0.25, 0.3) is 0 Å². The largest absolute Gasteiger partial charge is 0.467 e. The standard InChI is InChI=1S/C26H40N2O6/c1-8-34-24(31)28-16-12-15-26(28,25(3,4)5)21(32-6)18(2)22(29)27-20(23(30)33-7)17-19-13-10-9-11-14-19/h9-11,13-14,18,20-21H,8,12,15-17H2,1-7H3,(H,27,29)/t18-,20+,21-,26?/m1/s1. The molecule has 4 atom stereocenters. The molecule has 2 rings (SSSR count). The zero-order valence-corrected chi connectivity index (χ0v) is 21.6. The van der Waals surface area contributed by atoms with Crippen molar-refractivity contribution in [1.82, 2.24) is 10.2 Å². The minimum absolute atomic E-state index is 0.267. The number of ether oxygens (including phenoxy) is 3. The molecule has 1 saturated heterocycles. The number of benzene rings is 1. The second-order valence-corrected chi connectivity index (χ2v) is 9.85. The van der Waals surface area contributed by atoms with E-state index in [9.17, 15) is 14.4 Å². The van der Waals surface area contributed by atoms with E-state index in [1.807, 2.05) is 51.1 Å². The van der Waals surface area contributed by atoms with E-state index in [-0.39, 0.29) is 12.5 Å². The van der Waals surface area contributed by atoms with Crippen molar-refractivity contribution in [2.24, 2.45) is 11.3 Å². The number of nitrogens with one attached hydrogen (secondary N) is 1. The molecule has 2 amide bonds. The maximum absolute atomic E-state index is 13.5. The Labute approximate surface area is 203 Å². The lowest BCUT2D eigenvalue weighted by molar-refractivity contribution is -0.150. The summed E-state index contributed by atoms with van der Waals surface area (Å²) in [6.45, 7) is 10.5. The Bertz CT molecular complexity index is 837. The molecule has 190 valence electrons. The van der Waals surface area contributed by atoms with Gasteiger partial charge in [-0.15, -0.1) is 0 Å². The number of hydrogen-bond acceptors (Lipinski definition) is 6. The van der Waals surface area contributed by atoms with E-state index in [1.165, 1.54) is 7.11 Å². The summed E-state index contributed by atoms with van der Waals surface area (Å²) < 4.78 is 16.3. The molecule has 1 fully saturated rings. The normalized spacial score (nSPS) is 20.9. The number of amides is 2. The Morgan fingerprint density at radius 3 is 2.32 bits per heavy atom. The molecule has 0 spiro atoms. The lowest BCUT2D eigenvalue weighted by Crippen LogP contribution is -2.66. The van der Waals surface area contributed by atoms with Crippen LogP contribution in [0, 0.1) is 11.3 Å². The Morgan fingerprint density at radius 1 is 1.15 bits per heavy atom. The Morgan fingerprint density at radius 2 is 1.79 bits per heavy atom. The maximum atomic E-state index is 13.5. The fraction of sp³-hybridized carbons (Fsp3) is 0.654. The zero-order chi connectivity index (χ0) is 25.5. The Balaban J connectivity index is 2.34. The van der Waals surface area contributed by atoms with E-state index < -0.39 is 41.1 Å². The smallest absolute Gasteiger partial charge is 0.410 e. The molecular weight excluding hydrogens is 436 g/mol. The van der Waals surface area contributed by atoms with Crippen molar-refractivity contribution >= 4 is 18.0 Å². The highest BCUT2D eigenvalue weighted by atomic mass is 16.6. The molecule has 1 aliphatic rings. The summed E-state index contributed by atoms with van der Waals surface area (Å²) in [5.41, 5.74) is -0.257. The lowest BCUT2D eigenvalue weighted by atomic mass is 9.65. The first kappa shape index (κ1) is 27.6. The second kappa shape index (κ2) is 11.7. The highest BCUT2D eigenvalue weighted by molar-refractivity contribution is 5.86. The van der Waals surface area contributed by atoms with Crippen molar-refractivity contribution in [3.63, 3.8) is 0 Å². The first-order valence-electron chi connectivity index (χ1n) is 11.9. The van der Waals surface area contributed by atoms with Gasteiger partial charge in [0.2, 0.25) is 5.91 Å². The minimum atomic E-state index is -0.838. The Hall–Kier alpha value is -2.61. The van der Waals surface area contributed by atoms with Crippen LogP contribution in [-0.2, 0) is 30.2 Å². The van der Waals surface area contributed by atoms with Crippen molar-refractivity contribution in [3.8, 4) is 0 Å². The molecule has 1 aliphatic heterocycles. The summed E-state index contributed by atoms with van der Waals surface area (Å²) in [6, 6.07) is 8.61. The summed E-state index contributed by atoms with van der Waals surface area (Å²) in [5, 5.41) is 2.86. The van der Waals surface area contributed by atoms with Crippen molar-refractivity contribution in [2.75, 3.05) is 27.4 Å². The highest BCUT2D eigenvalue weighted by Crippen LogP contribution is 2.49. The van der Waals surface area contributed by atoms with Crippen LogP contribution in [0.1, 0.15) is 53.0 Å². The summed E-state index contributed by atoms with van der Waals surface area (Å²) in [5.74, 6) is -1.50. The molecule has 34 heavy (non-hydrogen) atoms. The van der Waals surface area contributed by atoms with Crippen LogP contribution < -0.4 is 5.32 Å². The predicted molar refractivity (Wildman–Crippen MR) is 129 cm³/mol. The molecule has 1 aromatic carbocycles. The first-order valence-corrected chi connectivity index (χ1v) is 11.9. The van der Waals surface area contributed by atoms with Crippen molar-refractivity contribution in [3.05, 3.63) is 35.9 Å². The molecule has 0 bridgehead atoms. The molecule has 0 saturated carbocycles. The fourth-order valence-electron chi connectivity index (χ4n) is 5.24. The van der Waals surface area contributed by atoms with Gasteiger partial charge < -0.3 is 19.5 Å². The first-order chi connectivity index (χ1) is 16.0. The topological polar surface area (TPSA) is 94.2 Å². The minimum Gasteiger partial charge on any atom is -0.467 e. The van der Waals surface area contributed by atoms with Crippen molar-refractivity contribution in [2.45, 2.75) is 71.6 Å². The summed E-state index contributed by atoms with van der Waals surface area (Å²) in [7, 11) is 2.86. The van der Waals surface area contributed by atoms with Gasteiger partial charge in [-0.05, 0) is 30.7 Å². The number of rotatable bonds is 9. The van der Waals surface area contributed by atoms with Crippen LogP contribution in [0.25, 0.3) is 0 Å². The average molecular weight is 477 g/mol. The number of carbonyl (C=O) groups is 3. The number of methoxy groups -OCH3 is 2. The van der Waals surface area contributed by atoms with Crippen LogP contribution in [0.5, 0.6) is 0 Å². The van der Waals surface area contributed by atoms with E-state index in [0.717, 1.165) is 12.0 Å². The molecule has 1 aromatic rings. The molecule has 8 heteroatoms. The van der Waals surface area contributed by atoms with Gasteiger partial charge in [-0.3, -0.25) is 9.69 Å². The van der Waals surface area contributed by atoms with Crippen LogP contribution in [0.3, 0.4) is 0 Å². The molecule has 1 N–H and O–H groups in total. The van der Waals surface area contributed by atoms with Crippen LogP contribution in [0.4, 0.5) is 4.79 Å². The van der Waals surface area contributed by atoms with Crippen LogP contribution >= 0.6 is 0 Å². The molecule has 0 aromatic heterocycles. The molecular formula is C26H40N2O6. The van der Waals surface area contributed by atoms with Gasteiger partial charge in [0.15, 0.2) is 0 Å². The van der Waals surface area contributed by atoms with E-state index in [0.29, 0.717) is 19.4 Å². The maximum Gasteiger partial charge on any atom is 0.410 e. The molecule has 1 unspecified atom stereocenters. The Kier molecular flexibility index (Phi) is 9.50. The predicted octanol–water partition coefficient (Wildman–Crippen LogP) is 3.58. The van der Waals surface area contributed by atoms with Gasteiger partial charge >= 0.3 is 12.1 Å². The van der Waals surface area contributed by atoms with E-state index in [2.05, 4.69) is 5.32 Å². The number of hydrogen-bond donors (Lipinski definition) is 1. The highest BCUT2D eigenvalue weighted by Gasteiger charge is 2.59. The third-order valence-corrected chi connectivity index (χ3v) is 6.89. The van der Waals surface area contributed by atoms with Crippen molar-refractivity contribution in [1.29, 1.82) is 0 Å². The summed E-state index contributed by atoms with van der Waals surface area (Å²) in [4.78, 5) is 40.6. The van der Waals surface area contributed by atoms with Gasteiger partial charge in [0.05, 0.1) is 31.3 Å². The van der Waals surface area contributed by atoms with Gasteiger partial charge in [0, 0.05) is 20.1 Å². The van der Waals surface area contributed by atoms with Gasteiger partial charge in [-0.25, -0.2) is 9.59 Å². The average Bonchev–Trinajstić information content (AvgIpc) is 3.25. The number of nitrogens with zero attached hydrogens (tertiary/aromatic N) is 1. The molecule has 0 radical (unpaired) electrons. The zero-order valence-electron chi connectivity index (χ0n) is 21.6. The van der Waals surface area contributed by atoms with Gasteiger partial charge in [0.1, 0.15) is 6.04 Å². The van der Waals surface area contributed by atoms with Crippen LogP contribution in [0.2, 0.25) is 0 Å². The van der Waals surface area contributed by atoms with E-state index in [4.69, 9.17) is 14.2 Å². The molecule has 1 heterocycles. The summed E-state index contributed by atoms with van der Waals surface area (Å²) in [6.07, 6.45) is 0.748. The lowest BCUT2D eigenvalue weighted by Gasteiger charge is -2.52. The third kappa shape index (κ3) is 5.71. The summed E-state index contributed by atoms with van der Waals surface area (Å²) >= 11 is 0. The monoisotopic (exact) mass is 476 g/mol. The third-order valence-electron chi connectivity index (χ3n) is 6.89. The fourth-order valence-corrected chi connectivity index (χ4v) is 5.24. The van der Waals surface area contributed by atoms with Crippen LogP contribution in [-0.4, -0.2) is 67.9 Å². The van der Waals surface area contributed by atoms with Crippen LogP contribution in [0.15, 0.2) is 30.3 Å².